The van der Waals surface area contributed by atoms with Gasteiger partial charge in [-0.3, -0.25) is 0 Å². The highest BCUT2D eigenvalue weighted by atomic mass is 15.1. The van der Waals surface area contributed by atoms with Crippen LogP contribution in [-0.4, -0.2) is 24.7 Å². The van der Waals surface area contributed by atoms with Crippen molar-refractivity contribution < 1.29 is 0 Å². The van der Waals surface area contributed by atoms with Crippen molar-refractivity contribution in [3.8, 4) is 0 Å². The van der Waals surface area contributed by atoms with E-state index in [2.05, 4.69) is 54.8 Å². The van der Waals surface area contributed by atoms with Gasteiger partial charge >= 0.3 is 0 Å². The molecule has 0 bridgehead atoms. The molecule has 0 amide bonds. The molecule has 1 aromatic carbocycles. The number of hydrogen-bond donors (Lipinski definition) is 2. The topological polar surface area (TPSA) is 24.1 Å². The maximum absolute atomic E-state index is 4.01. The minimum absolute atomic E-state index is 0.316. The number of hydrogen-bond acceptors (Lipinski definition) is 2. The summed E-state index contributed by atoms with van der Waals surface area (Å²) in [6.45, 7) is 7.17. The zero-order chi connectivity index (χ0) is 14.0. The lowest BCUT2D eigenvalue weighted by Crippen LogP contribution is -2.52. The van der Waals surface area contributed by atoms with Crippen molar-refractivity contribution in [2.24, 2.45) is 5.92 Å². The third-order valence-corrected chi connectivity index (χ3v) is 5.51. The summed E-state index contributed by atoms with van der Waals surface area (Å²) in [5.74, 6) is 1.56. The SMILES string of the molecule is CCC(C)(NC1CC1c1ccccc1)C1CCNCC1. The molecule has 0 radical (unpaired) electrons. The zero-order valence-corrected chi connectivity index (χ0v) is 12.9. The quantitative estimate of drug-likeness (QED) is 0.859. The third-order valence-electron chi connectivity index (χ3n) is 5.51. The van der Waals surface area contributed by atoms with E-state index in [9.17, 15) is 0 Å². The van der Waals surface area contributed by atoms with Crippen LogP contribution in [0.3, 0.4) is 0 Å². The molecule has 2 N–H and O–H groups in total. The lowest BCUT2D eigenvalue weighted by molar-refractivity contribution is 0.175. The molecule has 1 saturated heterocycles. The van der Waals surface area contributed by atoms with Gasteiger partial charge in [-0.15, -0.1) is 0 Å². The molecule has 1 aliphatic heterocycles. The van der Waals surface area contributed by atoms with Crippen LogP contribution in [-0.2, 0) is 0 Å². The molecule has 20 heavy (non-hydrogen) atoms. The van der Waals surface area contributed by atoms with Crippen molar-refractivity contribution in [1.29, 1.82) is 0 Å². The summed E-state index contributed by atoms with van der Waals surface area (Å²) >= 11 is 0. The van der Waals surface area contributed by atoms with E-state index in [-0.39, 0.29) is 0 Å². The van der Waals surface area contributed by atoms with Gasteiger partial charge in [0.05, 0.1) is 0 Å². The average molecular weight is 272 g/mol. The van der Waals surface area contributed by atoms with Gasteiger partial charge in [-0.25, -0.2) is 0 Å². The van der Waals surface area contributed by atoms with Crippen LogP contribution in [0.5, 0.6) is 0 Å². The number of nitrogens with one attached hydrogen (secondary N) is 2. The Labute approximate surface area is 123 Å². The van der Waals surface area contributed by atoms with Crippen molar-refractivity contribution in [3.05, 3.63) is 35.9 Å². The van der Waals surface area contributed by atoms with Gasteiger partial charge in [0.1, 0.15) is 0 Å². The molecule has 1 heterocycles. The lowest BCUT2D eigenvalue weighted by atomic mass is 9.77. The molecule has 2 aliphatic rings. The Morgan fingerprint density at radius 2 is 1.90 bits per heavy atom. The first-order valence-corrected chi connectivity index (χ1v) is 8.26. The van der Waals surface area contributed by atoms with Crippen molar-refractivity contribution in [2.45, 2.75) is 57.0 Å². The second-order valence-corrected chi connectivity index (χ2v) is 6.80. The van der Waals surface area contributed by atoms with Crippen molar-refractivity contribution >= 4 is 0 Å². The lowest BCUT2D eigenvalue weighted by Gasteiger charge is -2.41. The number of piperidine rings is 1. The van der Waals surface area contributed by atoms with Crippen LogP contribution in [0, 0.1) is 5.92 Å². The highest BCUT2D eigenvalue weighted by Crippen LogP contribution is 2.43. The fourth-order valence-corrected chi connectivity index (χ4v) is 3.81. The standard InChI is InChI=1S/C18H28N2/c1-3-18(2,15-9-11-19-12-10-15)20-17-13-16(17)14-7-5-4-6-8-14/h4-8,15-17,19-20H,3,9-13H2,1-2H3. The first-order chi connectivity index (χ1) is 9.73. The summed E-state index contributed by atoms with van der Waals surface area (Å²) in [4.78, 5) is 0. The van der Waals surface area contributed by atoms with Gasteiger partial charge in [0.2, 0.25) is 0 Å². The van der Waals surface area contributed by atoms with E-state index in [4.69, 9.17) is 0 Å². The van der Waals surface area contributed by atoms with E-state index in [0.717, 1.165) is 11.8 Å². The molecule has 2 nitrogen and oxygen atoms in total. The van der Waals surface area contributed by atoms with E-state index < -0.39 is 0 Å². The minimum atomic E-state index is 0.316. The van der Waals surface area contributed by atoms with Crippen molar-refractivity contribution in [1.82, 2.24) is 10.6 Å². The Hall–Kier alpha value is -0.860. The largest absolute Gasteiger partial charge is 0.317 e. The van der Waals surface area contributed by atoms with Crippen LogP contribution in [0.2, 0.25) is 0 Å². The third kappa shape index (κ3) is 2.91. The second kappa shape index (κ2) is 5.87. The van der Waals surface area contributed by atoms with E-state index in [1.165, 1.54) is 44.3 Å². The van der Waals surface area contributed by atoms with Gasteiger partial charge in [0.25, 0.3) is 0 Å². The van der Waals surface area contributed by atoms with Crippen LogP contribution in [0.1, 0.15) is 51.0 Å². The Morgan fingerprint density at radius 1 is 1.20 bits per heavy atom. The van der Waals surface area contributed by atoms with Crippen LogP contribution >= 0.6 is 0 Å². The highest BCUT2D eigenvalue weighted by molar-refractivity contribution is 5.28. The molecule has 110 valence electrons. The number of benzene rings is 1. The fraction of sp³-hybridized carbons (Fsp3) is 0.667. The highest BCUT2D eigenvalue weighted by Gasteiger charge is 2.44. The molecule has 2 fully saturated rings. The molecule has 1 aliphatic carbocycles. The van der Waals surface area contributed by atoms with Crippen LogP contribution < -0.4 is 10.6 Å². The normalized spacial score (nSPS) is 29.9. The smallest absolute Gasteiger partial charge is 0.0182 e. The molecular formula is C18H28N2. The first kappa shape index (κ1) is 14.1. The average Bonchev–Trinajstić information content (AvgIpc) is 3.28. The summed E-state index contributed by atoms with van der Waals surface area (Å²) < 4.78 is 0. The summed E-state index contributed by atoms with van der Waals surface area (Å²) in [6.07, 6.45) is 5.18. The van der Waals surface area contributed by atoms with Gasteiger partial charge in [-0.1, -0.05) is 37.3 Å². The molecule has 2 heteroatoms. The summed E-state index contributed by atoms with van der Waals surface area (Å²) in [5, 5.41) is 7.49. The Balaban J connectivity index is 1.61. The van der Waals surface area contributed by atoms with Crippen LogP contribution in [0.4, 0.5) is 0 Å². The van der Waals surface area contributed by atoms with Gasteiger partial charge < -0.3 is 10.6 Å². The Kier molecular flexibility index (Phi) is 4.13. The molecule has 3 atom stereocenters. The Morgan fingerprint density at radius 3 is 2.55 bits per heavy atom. The molecular weight excluding hydrogens is 244 g/mol. The van der Waals surface area contributed by atoms with Crippen molar-refractivity contribution in [2.75, 3.05) is 13.1 Å². The van der Waals surface area contributed by atoms with E-state index in [0.29, 0.717) is 11.6 Å². The minimum Gasteiger partial charge on any atom is -0.317 e. The fourth-order valence-electron chi connectivity index (χ4n) is 3.81. The zero-order valence-electron chi connectivity index (χ0n) is 12.9. The van der Waals surface area contributed by atoms with Crippen molar-refractivity contribution in [3.63, 3.8) is 0 Å². The molecule has 0 aromatic heterocycles. The monoisotopic (exact) mass is 272 g/mol. The molecule has 3 rings (SSSR count). The van der Waals surface area contributed by atoms with Gasteiger partial charge in [0, 0.05) is 17.5 Å². The van der Waals surface area contributed by atoms with Gasteiger partial charge in [-0.05, 0) is 57.2 Å². The van der Waals surface area contributed by atoms with Gasteiger partial charge in [-0.2, -0.15) is 0 Å². The number of rotatable bonds is 5. The maximum atomic E-state index is 4.01. The van der Waals surface area contributed by atoms with Gasteiger partial charge in [0.15, 0.2) is 0 Å². The van der Waals surface area contributed by atoms with Crippen LogP contribution in [0.25, 0.3) is 0 Å². The van der Waals surface area contributed by atoms with E-state index in [1.54, 1.807) is 0 Å². The molecule has 1 saturated carbocycles. The maximum Gasteiger partial charge on any atom is 0.0182 e. The van der Waals surface area contributed by atoms with E-state index >= 15 is 0 Å². The molecule has 1 aromatic rings. The summed E-state index contributed by atoms with van der Waals surface area (Å²) in [6, 6.07) is 11.7. The Bertz CT molecular complexity index is 424. The summed E-state index contributed by atoms with van der Waals surface area (Å²) in [7, 11) is 0. The predicted molar refractivity (Wildman–Crippen MR) is 85.0 cm³/mol. The summed E-state index contributed by atoms with van der Waals surface area (Å²) in [5.41, 5.74) is 1.82. The van der Waals surface area contributed by atoms with E-state index in [1.807, 2.05) is 0 Å². The molecule has 3 unspecified atom stereocenters. The molecule has 0 spiro atoms. The first-order valence-electron chi connectivity index (χ1n) is 8.26. The predicted octanol–water partition coefficient (Wildman–Crippen LogP) is 3.30. The second-order valence-electron chi connectivity index (χ2n) is 6.80. The van der Waals surface area contributed by atoms with Crippen LogP contribution in [0.15, 0.2) is 30.3 Å².